The zero-order valence-electron chi connectivity index (χ0n) is 12.3. The van der Waals surface area contributed by atoms with Gasteiger partial charge in [-0.3, -0.25) is 4.68 Å². The van der Waals surface area contributed by atoms with Crippen molar-refractivity contribution in [3.05, 3.63) is 47.8 Å². The van der Waals surface area contributed by atoms with Crippen molar-refractivity contribution in [2.24, 2.45) is 7.05 Å². The van der Waals surface area contributed by atoms with Gasteiger partial charge >= 0.3 is 0 Å². The van der Waals surface area contributed by atoms with Crippen molar-refractivity contribution in [3.8, 4) is 5.75 Å². The molecule has 1 aromatic heterocycles. The van der Waals surface area contributed by atoms with Gasteiger partial charge in [0.25, 0.3) is 0 Å². The van der Waals surface area contributed by atoms with E-state index in [4.69, 9.17) is 9.47 Å². The number of nitrogens with one attached hydrogen (secondary N) is 1. The normalized spacial score (nSPS) is 14.0. The number of hydrogen-bond donors (Lipinski definition) is 1. The summed E-state index contributed by atoms with van der Waals surface area (Å²) in [6.07, 6.45) is 1.60. The maximum absolute atomic E-state index is 5.71. The Bertz CT molecular complexity index is 539. The highest BCUT2D eigenvalue weighted by molar-refractivity contribution is 5.31. The highest BCUT2D eigenvalue weighted by Gasteiger charge is 2.28. The number of ether oxygens (including phenoxy) is 2. The number of methoxy groups -OCH3 is 2. The van der Waals surface area contributed by atoms with Crippen LogP contribution in [-0.2, 0) is 11.8 Å². The maximum atomic E-state index is 5.71. The minimum atomic E-state index is -0.120. The van der Waals surface area contributed by atoms with E-state index in [9.17, 15) is 0 Å². The lowest BCUT2D eigenvalue weighted by molar-refractivity contribution is 0.0667. The van der Waals surface area contributed by atoms with Gasteiger partial charge in [-0.1, -0.05) is 30.3 Å². The summed E-state index contributed by atoms with van der Waals surface area (Å²) in [7, 11) is 7.17. The summed E-state index contributed by atoms with van der Waals surface area (Å²) in [5.41, 5.74) is 2.07. The second kappa shape index (κ2) is 6.54. The van der Waals surface area contributed by atoms with Crippen LogP contribution in [0.5, 0.6) is 5.75 Å². The van der Waals surface area contributed by atoms with Crippen LogP contribution in [-0.4, -0.2) is 31.0 Å². The number of aromatic nitrogens is 2. The van der Waals surface area contributed by atoms with Crippen LogP contribution in [0.1, 0.15) is 23.4 Å². The van der Waals surface area contributed by atoms with E-state index >= 15 is 0 Å². The zero-order chi connectivity index (χ0) is 14.5. The third-order valence-corrected chi connectivity index (χ3v) is 3.46. The molecule has 0 spiro atoms. The Labute approximate surface area is 119 Å². The molecule has 0 amide bonds. The molecule has 5 heteroatoms. The molecule has 0 saturated heterocycles. The van der Waals surface area contributed by atoms with Gasteiger partial charge in [-0.25, -0.2) is 0 Å². The minimum Gasteiger partial charge on any atom is -0.493 e. The molecule has 0 radical (unpaired) electrons. The van der Waals surface area contributed by atoms with Crippen LogP contribution in [0.25, 0.3) is 0 Å². The van der Waals surface area contributed by atoms with Crippen LogP contribution < -0.4 is 10.1 Å². The summed E-state index contributed by atoms with van der Waals surface area (Å²) in [5, 5.41) is 7.57. The summed E-state index contributed by atoms with van der Waals surface area (Å²) in [6.45, 7) is 0. The summed E-state index contributed by atoms with van der Waals surface area (Å²) >= 11 is 0. The standard InChI is InChI=1S/C15H21N3O2/c1-16-13(14-12(19-3)10-17-18(14)2)15(20-4)11-8-6-5-7-9-11/h5-10,13,15-16H,1-4H3. The predicted molar refractivity (Wildman–Crippen MR) is 77.8 cm³/mol. The van der Waals surface area contributed by atoms with Crippen molar-refractivity contribution in [2.45, 2.75) is 12.1 Å². The molecule has 2 atom stereocenters. The molecule has 2 aromatic rings. The molecule has 108 valence electrons. The largest absolute Gasteiger partial charge is 0.493 e. The number of likely N-dealkylation sites (N-methyl/N-ethyl adjacent to an activating group) is 1. The van der Waals surface area contributed by atoms with Crippen molar-refractivity contribution >= 4 is 0 Å². The van der Waals surface area contributed by atoms with Crippen LogP contribution >= 0.6 is 0 Å². The molecule has 1 heterocycles. The fourth-order valence-electron chi connectivity index (χ4n) is 2.48. The maximum Gasteiger partial charge on any atom is 0.161 e. The lowest BCUT2D eigenvalue weighted by Crippen LogP contribution is -2.27. The van der Waals surface area contributed by atoms with Crippen molar-refractivity contribution in [1.29, 1.82) is 0 Å². The first-order valence-corrected chi connectivity index (χ1v) is 6.53. The van der Waals surface area contributed by atoms with E-state index in [1.807, 2.05) is 37.0 Å². The van der Waals surface area contributed by atoms with Gasteiger partial charge in [0.05, 0.1) is 25.0 Å². The lowest BCUT2D eigenvalue weighted by atomic mass is 9.99. The fourth-order valence-corrected chi connectivity index (χ4v) is 2.48. The quantitative estimate of drug-likeness (QED) is 0.877. The number of nitrogens with zero attached hydrogens (tertiary/aromatic N) is 2. The van der Waals surface area contributed by atoms with Crippen molar-refractivity contribution in [2.75, 3.05) is 21.3 Å². The van der Waals surface area contributed by atoms with E-state index < -0.39 is 0 Å². The van der Waals surface area contributed by atoms with Gasteiger partial charge in [-0.15, -0.1) is 0 Å². The third kappa shape index (κ3) is 2.69. The molecule has 0 bridgehead atoms. The molecule has 0 aliphatic rings. The van der Waals surface area contributed by atoms with Crippen LogP contribution in [0.15, 0.2) is 36.5 Å². The molecule has 2 unspecified atom stereocenters. The monoisotopic (exact) mass is 275 g/mol. The molecule has 2 rings (SSSR count). The van der Waals surface area contributed by atoms with Crippen molar-refractivity contribution in [1.82, 2.24) is 15.1 Å². The Morgan fingerprint density at radius 2 is 1.90 bits per heavy atom. The minimum absolute atomic E-state index is 0.0511. The number of benzene rings is 1. The summed E-state index contributed by atoms with van der Waals surface area (Å²) in [4.78, 5) is 0. The number of aryl methyl sites for hydroxylation is 1. The van der Waals surface area contributed by atoms with Gasteiger partial charge in [-0.2, -0.15) is 5.10 Å². The number of rotatable bonds is 6. The topological polar surface area (TPSA) is 48.3 Å². The van der Waals surface area contributed by atoms with E-state index in [1.54, 1.807) is 20.4 Å². The smallest absolute Gasteiger partial charge is 0.161 e. The van der Waals surface area contributed by atoms with Gasteiger partial charge in [0, 0.05) is 14.2 Å². The molecular weight excluding hydrogens is 254 g/mol. The lowest BCUT2D eigenvalue weighted by Gasteiger charge is -2.27. The number of hydrogen-bond acceptors (Lipinski definition) is 4. The van der Waals surface area contributed by atoms with Crippen LogP contribution in [0, 0.1) is 0 Å². The molecule has 1 N–H and O–H groups in total. The van der Waals surface area contributed by atoms with E-state index in [0.717, 1.165) is 17.0 Å². The third-order valence-electron chi connectivity index (χ3n) is 3.46. The Kier molecular flexibility index (Phi) is 4.76. The predicted octanol–water partition coefficient (Wildman–Crippen LogP) is 2.08. The Hall–Kier alpha value is -1.85. The van der Waals surface area contributed by atoms with E-state index in [2.05, 4.69) is 22.5 Å². The zero-order valence-corrected chi connectivity index (χ0v) is 12.3. The molecule has 0 aliphatic heterocycles. The molecule has 5 nitrogen and oxygen atoms in total. The second-order valence-corrected chi connectivity index (χ2v) is 4.56. The Morgan fingerprint density at radius 3 is 2.45 bits per heavy atom. The van der Waals surface area contributed by atoms with Gasteiger partial charge < -0.3 is 14.8 Å². The average molecular weight is 275 g/mol. The Morgan fingerprint density at radius 1 is 1.20 bits per heavy atom. The molecule has 20 heavy (non-hydrogen) atoms. The summed E-state index contributed by atoms with van der Waals surface area (Å²) in [6, 6.07) is 10.1. The van der Waals surface area contributed by atoms with E-state index in [0.29, 0.717) is 0 Å². The average Bonchev–Trinajstić information content (AvgIpc) is 2.86. The highest BCUT2D eigenvalue weighted by atomic mass is 16.5. The first-order valence-electron chi connectivity index (χ1n) is 6.53. The molecule has 1 aromatic carbocycles. The van der Waals surface area contributed by atoms with Crippen molar-refractivity contribution < 1.29 is 9.47 Å². The summed E-state index contributed by atoms with van der Waals surface area (Å²) in [5.74, 6) is 0.754. The van der Waals surface area contributed by atoms with Gasteiger partial charge in [-0.05, 0) is 12.6 Å². The molecular formula is C15H21N3O2. The van der Waals surface area contributed by atoms with Gasteiger partial charge in [0.1, 0.15) is 6.10 Å². The molecule has 0 saturated carbocycles. The van der Waals surface area contributed by atoms with Gasteiger partial charge in [0.2, 0.25) is 0 Å². The second-order valence-electron chi connectivity index (χ2n) is 4.56. The van der Waals surface area contributed by atoms with E-state index in [-0.39, 0.29) is 12.1 Å². The molecule has 0 aliphatic carbocycles. The first kappa shape index (κ1) is 14.6. The van der Waals surface area contributed by atoms with Gasteiger partial charge in [0.15, 0.2) is 5.75 Å². The van der Waals surface area contributed by atoms with Crippen LogP contribution in [0.3, 0.4) is 0 Å². The first-order chi connectivity index (χ1) is 9.72. The SMILES string of the molecule is CNC(c1c(OC)cnn1C)C(OC)c1ccccc1. The Balaban J connectivity index is 2.42. The highest BCUT2D eigenvalue weighted by Crippen LogP contribution is 2.35. The molecule has 0 fully saturated rings. The fraction of sp³-hybridized carbons (Fsp3) is 0.400. The van der Waals surface area contributed by atoms with Crippen LogP contribution in [0.4, 0.5) is 0 Å². The van der Waals surface area contributed by atoms with Crippen LogP contribution in [0.2, 0.25) is 0 Å². The summed E-state index contributed by atoms with van der Waals surface area (Å²) < 4.78 is 12.9. The van der Waals surface area contributed by atoms with Crippen molar-refractivity contribution in [3.63, 3.8) is 0 Å². The van der Waals surface area contributed by atoms with E-state index in [1.165, 1.54) is 0 Å².